The fraction of sp³-hybridized carbons (Fsp3) is 0.200. The van der Waals surface area contributed by atoms with Gasteiger partial charge in [-0.15, -0.1) is 0 Å². The lowest BCUT2D eigenvalue weighted by atomic mass is 10.1. The van der Waals surface area contributed by atoms with Crippen LogP contribution in [-0.2, 0) is 0 Å². The van der Waals surface area contributed by atoms with E-state index >= 15 is 0 Å². The van der Waals surface area contributed by atoms with Crippen LogP contribution in [0.15, 0.2) is 12.1 Å². The summed E-state index contributed by atoms with van der Waals surface area (Å²) in [4.78, 5) is 0. The van der Waals surface area contributed by atoms with Gasteiger partial charge in [-0.3, -0.25) is 0 Å². The van der Waals surface area contributed by atoms with Crippen LogP contribution in [0.25, 0.3) is 6.08 Å². The van der Waals surface area contributed by atoms with Gasteiger partial charge in [0.25, 0.3) is 0 Å². The Balaban J connectivity index is 2.49. The Morgan fingerprint density at radius 3 is 3.07 bits per heavy atom. The lowest BCUT2D eigenvalue weighted by molar-refractivity contribution is 0.174. The number of halogens is 1. The van der Waals surface area contributed by atoms with Crippen LogP contribution < -0.4 is 15.2 Å². The number of phenols is 1. The first-order chi connectivity index (χ1) is 7.24. The van der Waals surface area contributed by atoms with Gasteiger partial charge in [-0.1, -0.05) is 23.8 Å². The molecule has 0 radical (unpaired) electrons. The largest absolute Gasteiger partial charge is 0.506 e. The molecule has 3 N–H and O–H groups in total. The molecule has 0 spiro atoms. The zero-order chi connectivity index (χ0) is 10.8. The molecule has 0 unspecified atom stereocenters. The Bertz CT molecular complexity index is 418. The maximum absolute atomic E-state index is 9.73. The van der Waals surface area contributed by atoms with Crippen molar-refractivity contribution in [3.8, 4) is 17.2 Å². The molecule has 0 aromatic heterocycles. The Morgan fingerprint density at radius 2 is 2.33 bits per heavy atom. The molecule has 1 aromatic rings. The van der Waals surface area contributed by atoms with Gasteiger partial charge in [-0.25, -0.2) is 0 Å². The molecule has 4 nitrogen and oxygen atoms in total. The fourth-order valence-corrected chi connectivity index (χ4v) is 1.59. The van der Waals surface area contributed by atoms with Gasteiger partial charge in [0.15, 0.2) is 11.5 Å². The number of phenolic OH excluding ortho intramolecular Hbond substituents is 1. The molecule has 5 heteroatoms. The molecule has 1 heterocycles. The van der Waals surface area contributed by atoms with Crippen molar-refractivity contribution >= 4 is 17.7 Å². The monoisotopic (exact) mass is 227 g/mol. The van der Waals surface area contributed by atoms with E-state index in [-0.39, 0.29) is 17.6 Å². The second kappa shape index (κ2) is 4.00. The van der Waals surface area contributed by atoms with Gasteiger partial charge < -0.3 is 20.3 Å². The summed E-state index contributed by atoms with van der Waals surface area (Å²) in [7, 11) is 0. The first-order valence-electron chi connectivity index (χ1n) is 4.41. The number of fused-ring (bicyclic) bond motifs is 1. The zero-order valence-electron chi connectivity index (χ0n) is 7.87. The third-order valence-electron chi connectivity index (χ3n) is 2.04. The van der Waals surface area contributed by atoms with Crippen molar-refractivity contribution in [3.05, 3.63) is 22.7 Å². The summed E-state index contributed by atoms with van der Waals surface area (Å²) in [6.07, 6.45) is 3.40. The zero-order valence-corrected chi connectivity index (χ0v) is 8.62. The number of benzene rings is 1. The molecule has 0 atom stereocenters. The molecule has 15 heavy (non-hydrogen) atoms. The minimum atomic E-state index is -0.0226. The van der Waals surface area contributed by atoms with Gasteiger partial charge >= 0.3 is 0 Å². The summed E-state index contributed by atoms with van der Waals surface area (Å²) >= 11 is 5.90. The average Bonchev–Trinajstić information content (AvgIpc) is 2.69. The molecule has 80 valence electrons. The van der Waals surface area contributed by atoms with Crippen molar-refractivity contribution in [2.75, 3.05) is 13.3 Å². The molecular formula is C10H10ClNO3. The van der Waals surface area contributed by atoms with E-state index in [1.165, 1.54) is 0 Å². The SMILES string of the molecule is NC/C=C/c1cc2c(c(Cl)c1O)OCO2. The van der Waals surface area contributed by atoms with Gasteiger partial charge in [0.1, 0.15) is 10.8 Å². The van der Waals surface area contributed by atoms with Gasteiger partial charge in [-0.05, 0) is 6.07 Å². The predicted molar refractivity (Wildman–Crippen MR) is 57.3 cm³/mol. The van der Waals surface area contributed by atoms with Crippen molar-refractivity contribution in [1.82, 2.24) is 0 Å². The summed E-state index contributed by atoms with van der Waals surface area (Å²) in [5.74, 6) is 0.902. The molecule has 0 bridgehead atoms. The van der Waals surface area contributed by atoms with E-state index < -0.39 is 0 Å². The second-order valence-corrected chi connectivity index (χ2v) is 3.38. The molecular weight excluding hydrogens is 218 g/mol. The van der Waals surface area contributed by atoms with Crippen LogP contribution in [0.4, 0.5) is 0 Å². The van der Waals surface area contributed by atoms with E-state index in [2.05, 4.69) is 0 Å². The highest BCUT2D eigenvalue weighted by Gasteiger charge is 2.22. The Hall–Kier alpha value is -1.39. The molecule has 2 rings (SSSR count). The van der Waals surface area contributed by atoms with Crippen LogP contribution in [0.3, 0.4) is 0 Å². The van der Waals surface area contributed by atoms with Crippen molar-refractivity contribution in [1.29, 1.82) is 0 Å². The lowest BCUT2D eigenvalue weighted by Gasteiger charge is -2.05. The normalized spacial score (nSPS) is 13.7. The highest BCUT2D eigenvalue weighted by atomic mass is 35.5. The lowest BCUT2D eigenvalue weighted by Crippen LogP contribution is -1.93. The van der Waals surface area contributed by atoms with E-state index in [4.69, 9.17) is 26.8 Å². The van der Waals surface area contributed by atoms with Crippen LogP contribution in [0, 0.1) is 0 Å². The van der Waals surface area contributed by atoms with Gasteiger partial charge in [0.2, 0.25) is 6.79 Å². The van der Waals surface area contributed by atoms with Crippen LogP contribution in [0.1, 0.15) is 5.56 Å². The fourth-order valence-electron chi connectivity index (χ4n) is 1.33. The minimum Gasteiger partial charge on any atom is -0.506 e. The number of hydrogen-bond donors (Lipinski definition) is 2. The maximum atomic E-state index is 9.73. The van der Waals surface area contributed by atoms with Crippen LogP contribution in [0.2, 0.25) is 5.02 Å². The third kappa shape index (κ3) is 1.73. The summed E-state index contributed by atoms with van der Waals surface area (Å²) in [5, 5.41) is 9.90. The van der Waals surface area contributed by atoms with Crippen molar-refractivity contribution in [3.63, 3.8) is 0 Å². The Morgan fingerprint density at radius 1 is 1.53 bits per heavy atom. The maximum Gasteiger partial charge on any atom is 0.231 e. The predicted octanol–water partition coefficient (Wildman–Crippen LogP) is 1.75. The van der Waals surface area contributed by atoms with Crippen LogP contribution in [0.5, 0.6) is 17.2 Å². The van der Waals surface area contributed by atoms with Gasteiger partial charge in [-0.2, -0.15) is 0 Å². The van der Waals surface area contributed by atoms with Crippen molar-refractivity contribution in [2.24, 2.45) is 5.73 Å². The number of ether oxygens (including phenoxy) is 2. The minimum absolute atomic E-state index is 0.0226. The molecule has 0 saturated heterocycles. The molecule has 1 aliphatic heterocycles. The number of nitrogens with two attached hydrogens (primary N) is 1. The van der Waals surface area contributed by atoms with E-state index in [9.17, 15) is 5.11 Å². The van der Waals surface area contributed by atoms with Crippen molar-refractivity contribution in [2.45, 2.75) is 0 Å². The highest BCUT2D eigenvalue weighted by Crippen LogP contribution is 2.46. The van der Waals surface area contributed by atoms with Gasteiger partial charge in [0.05, 0.1) is 0 Å². The smallest absolute Gasteiger partial charge is 0.231 e. The number of aromatic hydroxyl groups is 1. The highest BCUT2D eigenvalue weighted by molar-refractivity contribution is 6.34. The molecule has 0 fully saturated rings. The summed E-state index contributed by atoms with van der Waals surface area (Å²) in [6, 6.07) is 1.66. The molecule has 0 amide bonds. The average molecular weight is 228 g/mol. The summed E-state index contributed by atoms with van der Waals surface area (Å²) in [5.41, 5.74) is 5.88. The van der Waals surface area contributed by atoms with E-state index in [1.807, 2.05) is 0 Å². The standard InChI is InChI=1S/C10H10ClNO3/c11-8-9(13)6(2-1-3-12)4-7-10(8)15-5-14-7/h1-2,4,13H,3,5,12H2/b2-1+. The first kappa shape index (κ1) is 10.1. The summed E-state index contributed by atoms with van der Waals surface area (Å²) < 4.78 is 10.3. The quantitative estimate of drug-likeness (QED) is 0.808. The molecule has 1 aliphatic rings. The van der Waals surface area contributed by atoms with Crippen LogP contribution in [-0.4, -0.2) is 18.4 Å². The summed E-state index contributed by atoms with van der Waals surface area (Å²) in [6.45, 7) is 0.518. The second-order valence-electron chi connectivity index (χ2n) is 3.00. The first-order valence-corrected chi connectivity index (χ1v) is 4.79. The topological polar surface area (TPSA) is 64.7 Å². The number of hydrogen-bond acceptors (Lipinski definition) is 4. The van der Waals surface area contributed by atoms with Crippen molar-refractivity contribution < 1.29 is 14.6 Å². The Kier molecular flexibility index (Phi) is 2.70. The molecule has 1 aromatic carbocycles. The van der Waals surface area contributed by atoms with Gasteiger partial charge in [0, 0.05) is 12.1 Å². The van der Waals surface area contributed by atoms with Crippen LogP contribution >= 0.6 is 11.6 Å². The Labute approximate surface area is 91.9 Å². The van der Waals surface area contributed by atoms with E-state index in [0.29, 0.717) is 23.6 Å². The number of rotatable bonds is 2. The molecule has 0 aliphatic carbocycles. The van der Waals surface area contributed by atoms with E-state index in [1.54, 1.807) is 18.2 Å². The van der Waals surface area contributed by atoms with E-state index in [0.717, 1.165) is 0 Å². The third-order valence-corrected chi connectivity index (χ3v) is 2.39. The molecule has 0 saturated carbocycles.